The van der Waals surface area contributed by atoms with Crippen LogP contribution in [-0.4, -0.2) is 32.6 Å². The smallest absolute Gasteiger partial charge is 0.230 e. The molecule has 0 aliphatic heterocycles. The number of halogens is 1. The highest BCUT2D eigenvalue weighted by molar-refractivity contribution is 5.92. The molecular weight excluding hydrogens is 385 g/mol. The number of anilines is 1. The molecule has 2 aromatic heterocycles. The van der Waals surface area contributed by atoms with E-state index in [4.69, 9.17) is 4.74 Å². The van der Waals surface area contributed by atoms with Gasteiger partial charge in [0.2, 0.25) is 5.91 Å². The third-order valence-corrected chi connectivity index (χ3v) is 4.96. The topological polar surface area (TPSA) is 74.0 Å². The number of hydrogen-bond donors (Lipinski definition) is 1. The number of aromatic nitrogens is 4. The van der Waals surface area contributed by atoms with Crippen molar-refractivity contribution in [3.05, 3.63) is 77.4 Å². The Morgan fingerprint density at radius 3 is 2.87 bits per heavy atom. The average Bonchev–Trinajstić information content (AvgIpc) is 3.27. The summed E-state index contributed by atoms with van der Waals surface area (Å²) in [6, 6.07) is 12.0. The first-order valence-corrected chi connectivity index (χ1v) is 9.49. The lowest BCUT2D eigenvalue weighted by Gasteiger charge is -2.14. The zero-order chi connectivity index (χ0) is 21.3. The molecule has 0 saturated heterocycles. The summed E-state index contributed by atoms with van der Waals surface area (Å²) in [5.41, 5.74) is 3.77. The standard InChI is InChI=1S/C22H22FN5O2/c1-14-13-27(2)19-8-7-15(9-18(14)19)10-21(29)25-20-12-24-28(26-20)22(30-3)16-5-4-6-17(23)11-16/h4-9,11-13,22H,10H2,1-3H3,(H,25,26,29). The number of amides is 1. The molecule has 0 aliphatic carbocycles. The van der Waals surface area contributed by atoms with Gasteiger partial charge in [0, 0.05) is 36.8 Å². The molecule has 1 amide bonds. The number of fused-ring (bicyclic) bond motifs is 1. The Hall–Kier alpha value is -3.52. The van der Waals surface area contributed by atoms with Gasteiger partial charge in [-0.15, -0.1) is 9.90 Å². The molecule has 4 rings (SSSR count). The second-order valence-electron chi connectivity index (χ2n) is 7.19. The van der Waals surface area contributed by atoms with E-state index in [0.717, 1.165) is 16.5 Å². The Morgan fingerprint density at radius 2 is 2.10 bits per heavy atom. The van der Waals surface area contributed by atoms with Crippen LogP contribution in [0.1, 0.15) is 22.9 Å². The van der Waals surface area contributed by atoms with Gasteiger partial charge < -0.3 is 14.6 Å². The summed E-state index contributed by atoms with van der Waals surface area (Å²) in [5, 5.41) is 12.3. The van der Waals surface area contributed by atoms with Crippen LogP contribution < -0.4 is 5.32 Å². The van der Waals surface area contributed by atoms with E-state index >= 15 is 0 Å². The van der Waals surface area contributed by atoms with Gasteiger partial charge in [0.1, 0.15) is 5.82 Å². The third-order valence-electron chi connectivity index (χ3n) is 4.96. The zero-order valence-electron chi connectivity index (χ0n) is 17.0. The number of carbonyl (C=O) groups excluding carboxylic acids is 1. The van der Waals surface area contributed by atoms with Crippen molar-refractivity contribution in [1.29, 1.82) is 0 Å². The van der Waals surface area contributed by atoms with Gasteiger partial charge in [-0.1, -0.05) is 18.2 Å². The number of nitrogens with zero attached hydrogens (tertiary/aromatic N) is 4. The summed E-state index contributed by atoms with van der Waals surface area (Å²) >= 11 is 0. The predicted molar refractivity (Wildman–Crippen MR) is 112 cm³/mol. The molecule has 0 spiro atoms. The molecule has 2 aromatic carbocycles. The number of rotatable bonds is 6. The predicted octanol–water partition coefficient (Wildman–Crippen LogP) is 3.59. The van der Waals surface area contributed by atoms with E-state index in [2.05, 4.69) is 33.2 Å². The Balaban J connectivity index is 1.47. The molecule has 2 heterocycles. The van der Waals surface area contributed by atoms with Gasteiger partial charge >= 0.3 is 0 Å². The molecule has 0 fully saturated rings. The van der Waals surface area contributed by atoms with Gasteiger partial charge in [-0.25, -0.2) is 4.39 Å². The fraction of sp³-hybridized carbons (Fsp3) is 0.227. The molecule has 4 aromatic rings. The van der Waals surface area contributed by atoms with Gasteiger partial charge in [-0.05, 0) is 42.3 Å². The molecule has 30 heavy (non-hydrogen) atoms. The summed E-state index contributed by atoms with van der Waals surface area (Å²) in [6.07, 6.45) is 3.02. The number of benzene rings is 2. The lowest BCUT2D eigenvalue weighted by molar-refractivity contribution is -0.115. The lowest BCUT2D eigenvalue weighted by atomic mass is 10.1. The summed E-state index contributed by atoms with van der Waals surface area (Å²) in [6.45, 7) is 2.05. The van der Waals surface area contributed by atoms with Gasteiger partial charge in [0.05, 0.1) is 12.6 Å². The number of methoxy groups -OCH3 is 1. The average molecular weight is 407 g/mol. The highest BCUT2D eigenvalue weighted by atomic mass is 19.1. The van der Waals surface area contributed by atoms with E-state index in [0.29, 0.717) is 11.4 Å². The summed E-state index contributed by atoms with van der Waals surface area (Å²) in [4.78, 5) is 13.8. The third kappa shape index (κ3) is 3.95. The monoisotopic (exact) mass is 407 g/mol. The lowest BCUT2D eigenvalue weighted by Crippen LogP contribution is -2.18. The number of carbonyl (C=O) groups is 1. The van der Waals surface area contributed by atoms with Crippen molar-refractivity contribution in [3.63, 3.8) is 0 Å². The minimum absolute atomic E-state index is 0.199. The van der Waals surface area contributed by atoms with E-state index in [-0.39, 0.29) is 18.1 Å². The second kappa shape index (κ2) is 8.08. The van der Waals surface area contributed by atoms with Gasteiger partial charge in [-0.2, -0.15) is 5.10 Å². The Bertz CT molecular complexity index is 1210. The van der Waals surface area contributed by atoms with E-state index in [1.165, 1.54) is 35.8 Å². The molecule has 0 saturated carbocycles. The number of nitrogens with one attached hydrogen (secondary N) is 1. The molecule has 0 aliphatic rings. The molecule has 154 valence electrons. The van der Waals surface area contributed by atoms with E-state index < -0.39 is 6.23 Å². The van der Waals surface area contributed by atoms with E-state index in [9.17, 15) is 9.18 Å². The first kappa shape index (κ1) is 19.8. The van der Waals surface area contributed by atoms with Crippen molar-refractivity contribution in [1.82, 2.24) is 19.6 Å². The van der Waals surface area contributed by atoms with Crippen LogP contribution in [0.25, 0.3) is 10.9 Å². The fourth-order valence-electron chi connectivity index (χ4n) is 3.59. The zero-order valence-corrected chi connectivity index (χ0v) is 17.0. The minimum atomic E-state index is -0.699. The van der Waals surface area contributed by atoms with Crippen molar-refractivity contribution < 1.29 is 13.9 Å². The van der Waals surface area contributed by atoms with Crippen molar-refractivity contribution in [3.8, 4) is 0 Å². The number of aryl methyl sites for hydroxylation is 2. The van der Waals surface area contributed by atoms with Crippen molar-refractivity contribution >= 4 is 22.6 Å². The summed E-state index contributed by atoms with van der Waals surface area (Å²) in [5.74, 6) is -0.272. The van der Waals surface area contributed by atoms with Crippen LogP contribution in [-0.2, 0) is 23.0 Å². The first-order valence-electron chi connectivity index (χ1n) is 9.49. The van der Waals surface area contributed by atoms with Crippen molar-refractivity contribution in [2.24, 2.45) is 7.05 Å². The van der Waals surface area contributed by atoms with Crippen molar-refractivity contribution in [2.45, 2.75) is 19.6 Å². The van der Waals surface area contributed by atoms with Crippen LogP contribution in [0.3, 0.4) is 0 Å². The minimum Gasteiger partial charge on any atom is -0.354 e. The molecular formula is C22H22FN5O2. The van der Waals surface area contributed by atoms with Gasteiger partial charge in [0.15, 0.2) is 12.0 Å². The van der Waals surface area contributed by atoms with Crippen LogP contribution in [0.5, 0.6) is 0 Å². The van der Waals surface area contributed by atoms with Gasteiger partial charge in [0.25, 0.3) is 0 Å². The SMILES string of the molecule is COC(c1cccc(F)c1)n1ncc(NC(=O)Cc2ccc3c(c2)c(C)cn3C)n1. The van der Waals surface area contributed by atoms with Crippen molar-refractivity contribution in [2.75, 3.05) is 12.4 Å². The number of ether oxygens (including phenoxy) is 1. The Labute approximate surface area is 173 Å². The summed E-state index contributed by atoms with van der Waals surface area (Å²) in [7, 11) is 3.49. The second-order valence-corrected chi connectivity index (χ2v) is 7.19. The largest absolute Gasteiger partial charge is 0.354 e. The maximum atomic E-state index is 13.5. The normalized spacial score (nSPS) is 12.3. The van der Waals surface area contributed by atoms with Crippen LogP contribution >= 0.6 is 0 Å². The first-order chi connectivity index (χ1) is 14.4. The molecule has 1 unspecified atom stereocenters. The van der Waals surface area contributed by atoms with Gasteiger partial charge in [-0.3, -0.25) is 4.79 Å². The Kier molecular flexibility index (Phi) is 5.33. The van der Waals surface area contributed by atoms with Crippen LogP contribution in [0, 0.1) is 12.7 Å². The molecule has 1 N–H and O–H groups in total. The highest BCUT2D eigenvalue weighted by Gasteiger charge is 2.17. The number of hydrogen-bond acceptors (Lipinski definition) is 4. The quantitative estimate of drug-likeness (QED) is 0.530. The van der Waals surface area contributed by atoms with Crippen LogP contribution in [0.2, 0.25) is 0 Å². The fourth-order valence-corrected chi connectivity index (χ4v) is 3.59. The van der Waals surface area contributed by atoms with E-state index in [1.54, 1.807) is 12.1 Å². The maximum Gasteiger partial charge on any atom is 0.230 e. The highest BCUT2D eigenvalue weighted by Crippen LogP contribution is 2.22. The van der Waals surface area contributed by atoms with Crippen LogP contribution in [0.4, 0.5) is 10.2 Å². The maximum absolute atomic E-state index is 13.5. The Morgan fingerprint density at radius 1 is 1.27 bits per heavy atom. The summed E-state index contributed by atoms with van der Waals surface area (Å²) < 4.78 is 21.0. The molecule has 0 bridgehead atoms. The molecule has 0 radical (unpaired) electrons. The van der Waals surface area contributed by atoms with Crippen LogP contribution in [0.15, 0.2) is 54.9 Å². The molecule has 7 nitrogen and oxygen atoms in total. The molecule has 1 atom stereocenters. The molecule has 8 heteroatoms. The van der Waals surface area contributed by atoms with E-state index in [1.807, 2.05) is 25.2 Å².